The Hall–Kier alpha value is -1.47. The largest absolute Gasteiger partial charge is 0.426 e. The van der Waals surface area contributed by atoms with Crippen molar-refractivity contribution in [2.45, 2.75) is 24.9 Å². The lowest BCUT2D eigenvalue weighted by Crippen LogP contribution is -2.35. The second-order valence-corrected chi connectivity index (χ2v) is 3.80. The summed E-state index contributed by atoms with van der Waals surface area (Å²) in [5, 5.41) is 0. The zero-order valence-electron chi connectivity index (χ0n) is 8.96. The summed E-state index contributed by atoms with van der Waals surface area (Å²) in [6.45, 7) is 0.151. The average molecular weight is 275 g/mol. The normalized spacial score (nSPS) is 16.4. The fourth-order valence-corrected chi connectivity index (χ4v) is 1.26. The number of benzene rings is 1. The monoisotopic (exact) mass is 275 g/mol. The molecule has 0 spiro atoms. The van der Waals surface area contributed by atoms with E-state index in [2.05, 4.69) is 0 Å². The molecule has 1 aromatic carbocycles. The topological polar surface area (TPSA) is 26.0 Å². The molecule has 18 heavy (non-hydrogen) atoms. The van der Waals surface area contributed by atoms with Crippen molar-refractivity contribution < 1.29 is 30.7 Å². The molecule has 0 saturated carbocycles. The summed E-state index contributed by atoms with van der Waals surface area (Å²) in [5.41, 5.74) is -2.26. The molecular formula is C10H8F7N. The molecule has 0 aromatic heterocycles. The summed E-state index contributed by atoms with van der Waals surface area (Å²) in [5.74, 6) is 0. The minimum Gasteiger partial charge on any atom is -0.398 e. The lowest BCUT2D eigenvalue weighted by atomic mass is 9.94. The molecule has 102 valence electrons. The summed E-state index contributed by atoms with van der Waals surface area (Å²) < 4.78 is 87.9. The summed E-state index contributed by atoms with van der Waals surface area (Å²) in [6, 6.07) is 1.25. The number of nitrogens with two attached hydrogens (primary N) is 1. The first-order chi connectivity index (χ1) is 7.87. The van der Waals surface area contributed by atoms with Crippen LogP contribution in [-0.4, -0.2) is 6.18 Å². The second kappa shape index (κ2) is 4.03. The predicted octanol–water partition coefficient (Wildman–Crippen LogP) is 4.03. The van der Waals surface area contributed by atoms with Gasteiger partial charge >= 0.3 is 12.4 Å². The van der Waals surface area contributed by atoms with Gasteiger partial charge in [-0.1, -0.05) is 6.07 Å². The van der Waals surface area contributed by atoms with E-state index in [0.717, 1.165) is 0 Å². The van der Waals surface area contributed by atoms with Crippen LogP contribution in [0.4, 0.5) is 36.4 Å². The van der Waals surface area contributed by atoms with Gasteiger partial charge < -0.3 is 5.73 Å². The van der Waals surface area contributed by atoms with Crippen LogP contribution in [0.5, 0.6) is 0 Å². The summed E-state index contributed by atoms with van der Waals surface area (Å²) >= 11 is 0. The average Bonchev–Trinajstić information content (AvgIpc) is 2.14. The van der Waals surface area contributed by atoms with Gasteiger partial charge in [-0.25, -0.2) is 4.39 Å². The van der Waals surface area contributed by atoms with Crippen LogP contribution in [0.2, 0.25) is 0 Å². The van der Waals surface area contributed by atoms with E-state index < -0.39 is 34.8 Å². The number of hydrogen-bond donors (Lipinski definition) is 1. The Balaban J connectivity index is 3.38. The lowest BCUT2D eigenvalue weighted by molar-refractivity contribution is -0.228. The predicted molar refractivity (Wildman–Crippen MR) is 50.4 cm³/mol. The van der Waals surface area contributed by atoms with Crippen molar-refractivity contribution in [1.29, 1.82) is 0 Å². The molecule has 0 saturated heterocycles. The Bertz CT molecular complexity index is 445. The molecule has 8 heteroatoms. The van der Waals surface area contributed by atoms with E-state index in [1.54, 1.807) is 0 Å². The van der Waals surface area contributed by atoms with Crippen molar-refractivity contribution >= 4 is 5.69 Å². The fourth-order valence-electron chi connectivity index (χ4n) is 1.26. The maximum Gasteiger partial charge on any atom is 0.426 e. The fraction of sp³-hybridized carbons (Fsp3) is 0.400. The molecule has 0 bridgehead atoms. The standard InChI is InChI=1S/C10H8F7N/c1-8(11,10(15,16)17)5-2-3-7(18)6(4-5)9(12,13)14/h2-4H,18H2,1H3. The Kier molecular flexibility index (Phi) is 3.27. The van der Waals surface area contributed by atoms with Crippen LogP contribution in [-0.2, 0) is 11.8 Å². The Morgan fingerprint density at radius 1 is 0.944 bits per heavy atom. The van der Waals surface area contributed by atoms with E-state index >= 15 is 0 Å². The van der Waals surface area contributed by atoms with Crippen molar-refractivity contribution in [3.8, 4) is 0 Å². The Morgan fingerprint density at radius 2 is 1.44 bits per heavy atom. The van der Waals surface area contributed by atoms with E-state index in [0.29, 0.717) is 12.1 Å². The van der Waals surface area contributed by atoms with E-state index in [4.69, 9.17) is 5.73 Å². The highest BCUT2D eigenvalue weighted by atomic mass is 19.4. The van der Waals surface area contributed by atoms with Crippen LogP contribution in [0.3, 0.4) is 0 Å². The van der Waals surface area contributed by atoms with E-state index in [1.807, 2.05) is 0 Å². The van der Waals surface area contributed by atoms with Crippen LogP contribution >= 0.6 is 0 Å². The lowest BCUT2D eigenvalue weighted by Gasteiger charge is -2.25. The van der Waals surface area contributed by atoms with E-state index in [-0.39, 0.29) is 13.0 Å². The van der Waals surface area contributed by atoms with E-state index in [9.17, 15) is 30.7 Å². The zero-order valence-corrected chi connectivity index (χ0v) is 8.96. The molecule has 1 aromatic rings. The quantitative estimate of drug-likeness (QED) is 0.607. The van der Waals surface area contributed by atoms with Crippen LogP contribution in [0.25, 0.3) is 0 Å². The minimum atomic E-state index is -5.31. The third-order valence-electron chi connectivity index (χ3n) is 2.43. The molecule has 0 amide bonds. The number of alkyl halides is 7. The maximum atomic E-state index is 13.5. The number of halogens is 7. The molecule has 0 aliphatic carbocycles. The molecule has 0 fully saturated rings. The molecule has 1 nitrogen and oxygen atoms in total. The van der Waals surface area contributed by atoms with Crippen molar-refractivity contribution in [2.75, 3.05) is 5.73 Å². The highest BCUT2D eigenvalue weighted by Gasteiger charge is 2.54. The first kappa shape index (κ1) is 14.6. The van der Waals surface area contributed by atoms with Crippen LogP contribution in [0.1, 0.15) is 18.1 Å². The van der Waals surface area contributed by atoms with Crippen LogP contribution in [0, 0.1) is 0 Å². The van der Waals surface area contributed by atoms with Crippen molar-refractivity contribution in [3.05, 3.63) is 29.3 Å². The van der Waals surface area contributed by atoms with Gasteiger partial charge in [-0.05, 0) is 24.6 Å². The highest BCUT2D eigenvalue weighted by molar-refractivity contribution is 5.51. The minimum absolute atomic E-state index is 0.0722. The van der Waals surface area contributed by atoms with Gasteiger partial charge in [0.15, 0.2) is 0 Å². The van der Waals surface area contributed by atoms with Crippen molar-refractivity contribution in [1.82, 2.24) is 0 Å². The van der Waals surface area contributed by atoms with Gasteiger partial charge in [0.1, 0.15) is 0 Å². The van der Waals surface area contributed by atoms with Gasteiger partial charge in [0, 0.05) is 5.69 Å². The van der Waals surface area contributed by atoms with Gasteiger partial charge in [0.05, 0.1) is 5.56 Å². The molecule has 2 N–H and O–H groups in total. The third-order valence-corrected chi connectivity index (χ3v) is 2.43. The number of hydrogen-bond acceptors (Lipinski definition) is 1. The molecule has 0 aliphatic heterocycles. The van der Waals surface area contributed by atoms with Crippen LogP contribution in [0.15, 0.2) is 18.2 Å². The van der Waals surface area contributed by atoms with Gasteiger partial charge in [-0.3, -0.25) is 0 Å². The third kappa shape index (κ3) is 2.51. The molecule has 1 unspecified atom stereocenters. The Morgan fingerprint density at radius 3 is 1.83 bits per heavy atom. The highest BCUT2D eigenvalue weighted by Crippen LogP contribution is 2.44. The molecule has 0 aliphatic rings. The zero-order chi connectivity index (χ0) is 14.4. The molecule has 1 rings (SSSR count). The van der Waals surface area contributed by atoms with Crippen LogP contribution < -0.4 is 5.73 Å². The van der Waals surface area contributed by atoms with Crippen molar-refractivity contribution in [3.63, 3.8) is 0 Å². The number of rotatable bonds is 1. The van der Waals surface area contributed by atoms with Gasteiger partial charge in [0.2, 0.25) is 5.67 Å². The maximum absolute atomic E-state index is 13.5. The van der Waals surface area contributed by atoms with E-state index in [1.165, 1.54) is 0 Å². The molecular weight excluding hydrogens is 267 g/mol. The smallest absolute Gasteiger partial charge is 0.398 e. The number of anilines is 1. The first-order valence-corrected chi connectivity index (χ1v) is 4.60. The second-order valence-electron chi connectivity index (χ2n) is 3.80. The molecule has 0 heterocycles. The first-order valence-electron chi connectivity index (χ1n) is 4.60. The summed E-state index contributed by atoms with van der Waals surface area (Å²) in [7, 11) is 0. The summed E-state index contributed by atoms with van der Waals surface area (Å²) in [4.78, 5) is 0. The van der Waals surface area contributed by atoms with Gasteiger partial charge in [-0.2, -0.15) is 26.3 Å². The van der Waals surface area contributed by atoms with Gasteiger partial charge in [-0.15, -0.1) is 0 Å². The molecule has 1 atom stereocenters. The SMILES string of the molecule is CC(F)(c1ccc(N)c(C(F)(F)F)c1)C(F)(F)F. The molecule has 0 radical (unpaired) electrons. The van der Waals surface area contributed by atoms with Gasteiger partial charge in [0.25, 0.3) is 0 Å². The van der Waals surface area contributed by atoms with Crippen molar-refractivity contribution in [2.24, 2.45) is 0 Å². The number of nitrogen functional groups attached to an aromatic ring is 1. The Labute approximate surface area is 97.4 Å². The summed E-state index contributed by atoms with van der Waals surface area (Å²) in [6.07, 6.45) is -10.3.